The number of aromatic amines is 1. The summed E-state index contributed by atoms with van der Waals surface area (Å²) in [6.07, 6.45) is 2.12. The molecule has 0 amide bonds. The van der Waals surface area contributed by atoms with E-state index >= 15 is 0 Å². The molecule has 1 heterocycles. The van der Waals surface area contributed by atoms with Gasteiger partial charge in [-0.2, -0.15) is 0 Å². The van der Waals surface area contributed by atoms with Crippen LogP contribution in [0.1, 0.15) is 40.5 Å². The first-order valence-corrected chi connectivity index (χ1v) is 7.24. The standard InChI is InChI=1S/C17H18N2O2/c1-3-11-9-15(10(2)18-17(11)21)19-13-5-6-14-12(8-13)4-7-16(14)20/h5-6,8-9,19H,3-4,7H2,1-2H3,(H,18,21). The molecule has 21 heavy (non-hydrogen) atoms. The number of nitrogens with one attached hydrogen (secondary N) is 2. The highest BCUT2D eigenvalue weighted by atomic mass is 16.1. The van der Waals surface area contributed by atoms with Crippen LogP contribution in [0, 0.1) is 6.92 Å². The van der Waals surface area contributed by atoms with Crippen molar-refractivity contribution in [2.75, 3.05) is 5.32 Å². The fraction of sp³-hybridized carbons (Fsp3) is 0.294. The molecule has 108 valence electrons. The van der Waals surface area contributed by atoms with Crippen molar-refractivity contribution in [3.05, 3.63) is 57.0 Å². The fourth-order valence-electron chi connectivity index (χ4n) is 2.75. The molecule has 4 heteroatoms. The number of Topliss-reactive ketones (excluding diaryl/α,β-unsaturated/α-hetero) is 1. The molecule has 2 aromatic rings. The number of pyridine rings is 1. The zero-order valence-corrected chi connectivity index (χ0v) is 12.2. The highest BCUT2D eigenvalue weighted by Crippen LogP contribution is 2.27. The van der Waals surface area contributed by atoms with Gasteiger partial charge in [0.2, 0.25) is 0 Å². The number of hydrogen-bond acceptors (Lipinski definition) is 3. The predicted molar refractivity (Wildman–Crippen MR) is 83.6 cm³/mol. The van der Waals surface area contributed by atoms with E-state index in [1.54, 1.807) is 0 Å². The minimum atomic E-state index is -0.0277. The molecule has 4 nitrogen and oxygen atoms in total. The molecule has 1 aromatic heterocycles. The molecule has 2 N–H and O–H groups in total. The lowest BCUT2D eigenvalue weighted by Gasteiger charge is -2.12. The summed E-state index contributed by atoms with van der Waals surface area (Å²) in [6.45, 7) is 3.84. The van der Waals surface area contributed by atoms with E-state index < -0.39 is 0 Å². The second-order valence-corrected chi connectivity index (χ2v) is 5.44. The van der Waals surface area contributed by atoms with E-state index in [2.05, 4.69) is 10.3 Å². The summed E-state index contributed by atoms with van der Waals surface area (Å²) in [6, 6.07) is 7.72. The van der Waals surface area contributed by atoms with Crippen LogP contribution in [0.3, 0.4) is 0 Å². The van der Waals surface area contributed by atoms with Crippen molar-refractivity contribution in [3.8, 4) is 0 Å². The number of anilines is 2. The van der Waals surface area contributed by atoms with Crippen molar-refractivity contribution < 1.29 is 4.79 Å². The second-order valence-electron chi connectivity index (χ2n) is 5.44. The van der Waals surface area contributed by atoms with Gasteiger partial charge >= 0.3 is 0 Å². The molecule has 0 saturated carbocycles. The zero-order valence-electron chi connectivity index (χ0n) is 12.2. The third-order valence-corrected chi connectivity index (χ3v) is 4.00. The third kappa shape index (κ3) is 2.49. The quantitative estimate of drug-likeness (QED) is 0.909. The van der Waals surface area contributed by atoms with E-state index in [4.69, 9.17) is 0 Å². The number of ketones is 1. The summed E-state index contributed by atoms with van der Waals surface area (Å²) in [5, 5.41) is 3.34. The summed E-state index contributed by atoms with van der Waals surface area (Å²) in [4.78, 5) is 26.3. The van der Waals surface area contributed by atoms with Gasteiger partial charge in [-0.3, -0.25) is 9.59 Å². The van der Waals surface area contributed by atoms with Crippen LogP contribution in [-0.4, -0.2) is 10.8 Å². The van der Waals surface area contributed by atoms with Crippen LogP contribution >= 0.6 is 0 Å². The van der Waals surface area contributed by atoms with Crippen LogP contribution in [0.15, 0.2) is 29.1 Å². The average Bonchev–Trinajstić information content (AvgIpc) is 2.83. The highest BCUT2D eigenvalue weighted by molar-refractivity contribution is 6.00. The number of carbonyl (C=O) groups is 1. The third-order valence-electron chi connectivity index (χ3n) is 4.00. The second kappa shape index (κ2) is 5.20. The van der Waals surface area contributed by atoms with Crippen LogP contribution in [0.25, 0.3) is 0 Å². The molecule has 0 unspecified atom stereocenters. The topological polar surface area (TPSA) is 62.0 Å². The van der Waals surface area contributed by atoms with E-state index in [1.165, 1.54) is 0 Å². The Bertz CT molecular complexity index is 775. The maximum Gasteiger partial charge on any atom is 0.251 e. The van der Waals surface area contributed by atoms with Crippen molar-refractivity contribution in [1.82, 2.24) is 4.98 Å². The lowest BCUT2D eigenvalue weighted by Crippen LogP contribution is -2.14. The number of fused-ring (bicyclic) bond motifs is 1. The van der Waals surface area contributed by atoms with Gasteiger partial charge in [0.25, 0.3) is 5.56 Å². The summed E-state index contributed by atoms with van der Waals surface area (Å²) in [7, 11) is 0. The Morgan fingerprint density at radius 1 is 1.19 bits per heavy atom. The summed E-state index contributed by atoms with van der Waals surface area (Å²) in [5.74, 6) is 0.227. The van der Waals surface area contributed by atoms with Crippen molar-refractivity contribution in [2.24, 2.45) is 0 Å². The number of H-pyrrole nitrogens is 1. The van der Waals surface area contributed by atoms with Crippen LogP contribution in [0.4, 0.5) is 11.4 Å². The Balaban J connectivity index is 1.94. The minimum absolute atomic E-state index is 0.0277. The van der Waals surface area contributed by atoms with E-state index in [0.717, 1.165) is 40.2 Å². The first-order valence-electron chi connectivity index (χ1n) is 7.24. The highest BCUT2D eigenvalue weighted by Gasteiger charge is 2.19. The van der Waals surface area contributed by atoms with Crippen LogP contribution in [0.5, 0.6) is 0 Å². The number of hydrogen-bond donors (Lipinski definition) is 2. The van der Waals surface area contributed by atoms with Gasteiger partial charge in [-0.05, 0) is 49.6 Å². The molecule has 3 rings (SSSR count). The van der Waals surface area contributed by atoms with Gasteiger partial charge < -0.3 is 10.3 Å². The maximum atomic E-state index is 11.7. The van der Waals surface area contributed by atoms with Crippen molar-refractivity contribution in [1.29, 1.82) is 0 Å². The van der Waals surface area contributed by atoms with Crippen molar-refractivity contribution >= 4 is 17.2 Å². The summed E-state index contributed by atoms with van der Waals surface area (Å²) >= 11 is 0. The molecular weight excluding hydrogens is 264 g/mol. The number of carbonyl (C=O) groups excluding carboxylic acids is 1. The van der Waals surface area contributed by atoms with E-state index in [1.807, 2.05) is 38.1 Å². The van der Waals surface area contributed by atoms with Crippen LogP contribution in [0.2, 0.25) is 0 Å². The Morgan fingerprint density at radius 3 is 2.76 bits per heavy atom. The lowest BCUT2D eigenvalue weighted by molar-refractivity contribution is 0.0994. The van der Waals surface area contributed by atoms with Gasteiger partial charge in [0.15, 0.2) is 5.78 Å². The Labute approximate surface area is 123 Å². The fourth-order valence-corrected chi connectivity index (χ4v) is 2.75. The summed E-state index contributed by atoms with van der Waals surface area (Å²) in [5.41, 5.74) is 5.33. The monoisotopic (exact) mass is 282 g/mol. The Hall–Kier alpha value is -2.36. The van der Waals surface area contributed by atoms with Gasteiger partial charge in [-0.1, -0.05) is 6.92 Å². The number of benzene rings is 1. The molecule has 1 aromatic carbocycles. The first-order chi connectivity index (χ1) is 10.1. The molecule has 0 spiro atoms. The van der Waals surface area contributed by atoms with Crippen LogP contribution < -0.4 is 10.9 Å². The predicted octanol–water partition coefficient (Wildman–Crippen LogP) is 3.12. The number of aromatic nitrogens is 1. The van der Waals surface area contributed by atoms with Crippen molar-refractivity contribution in [3.63, 3.8) is 0 Å². The molecule has 0 bridgehead atoms. The van der Waals surface area contributed by atoms with Crippen molar-refractivity contribution in [2.45, 2.75) is 33.1 Å². The smallest absolute Gasteiger partial charge is 0.251 e. The molecule has 0 radical (unpaired) electrons. The zero-order chi connectivity index (χ0) is 15.0. The van der Waals surface area contributed by atoms with Gasteiger partial charge in [-0.25, -0.2) is 0 Å². The van der Waals surface area contributed by atoms with Gasteiger partial charge in [0.1, 0.15) is 0 Å². The lowest BCUT2D eigenvalue weighted by atomic mass is 10.1. The maximum absolute atomic E-state index is 11.7. The number of rotatable bonds is 3. The summed E-state index contributed by atoms with van der Waals surface area (Å²) < 4.78 is 0. The average molecular weight is 282 g/mol. The molecule has 0 atom stereocenters. The molecular formula is C17H18N2O2. The Morgan fingerprint density at radius 2 is 2.00 bits per heavy atom. The first kappa shape index (κ1) is 13.6. The van der Waals surface area contributed by atoms with Gasteiger partial charge in [-0.15, -0.1) is 0 Å². The van der Waals surface area contributed by atoms with Gasteiger partial charge in [0, 0.05) is 28.9 Å². The van der Waals surface area contributed by atoms with Gasteiger partial charge in [0.05, 0.1) is 5.69 Å². The Kier molecular flexibility index (Phi) is 3.37. The van der Waals surface area contributed by atoms with Crippen LogP contribution in [-0.2, 0) is 12.8 Å². The molecule has 1 aliphatic rings. The molecule has 1 aliphatic carbocycles. The SMILES string of the molecule is CCc1cc(Nc2ccc3c(c2)CCC3=O)c(C)[nH]c1=O. The molecule has 0 aliphatic heterocycles. The largest absolute Gasteiger partial charge is 0.354 e. The normalized spacial score (nSPS) is 13.3. The van der Waals surface area contributed by atoms with E-state index in [-0.39, 0.29) is 11.3 Å². The number of aryl methyl sites for hydroxylation is 3. The van der Waals surface area contributed by atoms with E-state index in [0.29, 0.717) is 12.8 Å². The minimum Gasteiger partial charge on any atom is -0.354 e. The van der Waals surface area contributed by atoms with E-state index in [9.17, 15) is 9.59 Å². The molecule has 0 saturated heterocycles. The molecule has 0 fully saturated rings.